The van der Waals surface area contributed by atoms with Crippen LogP contribution in [0.4, 0.5) is 0 Å². The third kappa shape index (κ3) is 2.08. The lowest BCUT2D eigenvalue weighted by molar-refractivity contribution is 0.767. The summed E-state index contributed by atoms with van der Waals surface area (Å²) < 4.78 is 3.87. The van der Waals surface area contributed by atoms with Crippen molar-refractivity contribution in [2.45, 2.75) is 6.54 Å². The summed E-state index contributed by atoms with van der Waals surface area (Å²) in [6.07, 6.45) is 10.8. The summed E-state index contributed by atoms with van der Waals surface area (Å²) in [4.78, 5) is 12.6. The molecule has 0 aliphatic carbocycles. The lowest BCUT2D eigenvalue weighted by Gasteiger charge is -2.05. The number of pyridine rings is 1. The van der Waals surface area contributed by atoms with Crippen molar-refractivity contribution in [1.82, 2.24) is 24.1 Å². The van der Waals surface area contributed by atoms with Gasteiger partial charge in [-0.1, -0.05) is 6.07 Å². The third-order valence-electron chi connectivity index (χ3n) is 2.46. The Hall–Kier alpha value is -2.43. The van der Waals surface area contributed by atoms with Crippen LogP contribution in [0, 0.1) is 0 Å². The molecular weight excluding hydrogens is 214 g/mol. The molecule has 84 valence electrons. The van der Waals surface area contributed by atoms with Gasteiger partial charge in [0.2, 0.25) is 0 Å². The monoisotopic (exact) mass is 225 g/mol. The second kappa shape index (κ2) is 4.21. The van der Waals surface area contributed by atoms with Gasteiger partial charge >= 0.3 is 0 Å². The first kappa shape index (κ1) is 9.77. The maximum absolute atomic E-state index is 4.56. The van der Waals surface area contributed by atoms with Gasteiger partial charge in [-0.25, -0.2) is 15.0 Å². The highest BCUT2D eigenvalue weighted by Gasteiger charge is 2.00. The summed E-state index contributed by atoms with van der Waals surface area (Å²) in [6.45, 7) is 0.725. The van der Waals surface area contributed by atoms with Gasteiger partial charge in [0.1, 0.15) is 12.1 Å². The molecule has 0 amide bonds. The summed E-state index contributed by atoms with van der Waals surface area (Å²) >= 11 is 0. The molecule has 0 saturated carbocycles. The maximum Gasteiger partial charge on any atom is 0.138 e. The Morgan fingerprint density at radius 2 is 1.88 bits per heavy atom. The molecule has 0 spiro atoms. The lowest BCUT2D eigenvalue weighted by Crippen LogP contribution is -2.02. The Kier molecular flexibility index (Phi) is 2.42. The van der Waals surface area contributed by atoms with Crippen LogP contribution in [0.3, 0.4) is 0 Å². The molecule has 3 aromatic rings. The van der Waals surface area contributed by atoms with Crippen LogP contribution in [0.5, 0.6) is 0 Å². The van der Waals surface area contributed by atoms with E-state index in [-0.39, 0.29) is 0 Å². The molecule has 0 unspecified atom stereocenters. The zero-order valence-electron chi connectivity index (χ0n) is 9.14. The fourth-order valence-electron chi connectivity index (χ4n) is 1.66. The molecule has 5 heteroatoms. The minimum atomic E-state index is 0.725. The standard InChI is InChI=1S/C12H11N5/c1-2-11(8-16-6-4-13-9-16)15-12(3-1)17-7-5-14-10-17/h1-7,9-10H,8H2. The van der Waals surface area contributed by atoms with Gasteiger partial charge in [-0.3, -0.25) is 4.57 Å². The van der Waals surface area contributed by atoms with Crippen LogP contribution < -0.4 is 0 Å². The molecule has 0 bridgehead atoms. The van der Waals surface area contributed by atoms with E-state index in [2.05, 4.69) is 15.0 Å². The molecule has 0 saturated heterocycles. The maximum atomic E-state index is 4.56. The van der Waals surface area contributed by atoms with E-state index < -0.39 is 0 Å². The van der Waals surface area contributed by atoms with Gasteiger partial charge in [-0.15, -0.1) is 0 Å². The molecule has 3 heterocycles. The predicted octanol–water partition coefficient (Wildman–Crippen LogP) is 1.51. The van der Waals surface area contributed by atoms with Crippen molar-refractivity contribution < 1.29 is 0 Å². The fourth-order valence-corrected chi connectivity index (χ4v) is 1.66. The Balaban J connectivity index is 1.89. The van der Waals surface area contributed by atoms with Crippen LogP contribution in [0.15, 0.2) is 55.6 Å². The molecule has 5 nitrogen and oxygen atoms in total. The van der Waals surface area contributed by atoms with Gasteiger partial charge in [0.25, 0.3) is 0 Å². The number of rotatable bonds is 3. The van der Waals surface area contributed by atoms with E-state index >= 15 is 0 Å². The first-order valence-electron chi connectivity index (χ1n) is 5.32. The molecule has 0 aliphatic rings. The van der Waals surface area contributed by atoms with E-state index in [0.717, 1.165) is 18.1 Å². The molecule has 0 fully saturated rings. The molecule has 0 aliphatic heterocycles. The van der Waals surface area contributed by atoms with Crippen molar-refractivity contribution in [2.75, 3.05) is 0 Å². The number of nitrogens with zero attached hydrogens (tertiary/aromatic N) is 5. The zero-order valence-corrected chi connectivity index (χ0v) is 9.14. The second-order valence-corrected chi connectivity index (χ2v) is 3.69. The first-order chi connectivity index (χ1) is 8.42. The van der Waals surface area contributed by atoms with Crippen LogP contribution in [-0.2, 0) is 6.54 Å². The van der Waals surface area contributed by atoms with Crippen LogP contribution >= 0.6 is 0 Å². The normalized spacial score (nSPS) is 10.6. The summed E-state index contributed by atoms with van der Waals surface area (Å²) in [7, 11) is 0. The number of hydrogen-bond acceptors (Lipinski definition) is 3. The Labute approximate surface area is 98.4 Å². The van der Waals surface area contributed by atoms with Gasteiger partial charge in [0, 0.05) is 24.8 Å². The van der Waals surface area contributed by atoms with E-state index in [9.17, 15) is 0 Å². The molecule has 17 heavy (non-hydrogen) atoms. The summed E-state index contributed by atoms with van der Waals surface area (Å²) in [5.41, 5.74) is 0.995. The quantitative estimate of drug-likeness (QED) is 0.679. The van der Waals surface area contributed by atoms with Crippen molar-refractivity contribution in [2.24, 2.45) is 0 Å². The average molecular weight is 225 g/mol. The van der Waals surface area contributed by atoms with E-state index in [1.807, 2.05) is 39.7 Å². The van der Waals surface area contributed by atoms with Crippen LogP contribution in [0.1, 0.15) is 5.69 Å². The highest BCUT2D eigenvalue weighted by molar-refractivity contribution is 5.24. The minimum absolute atomic E-state index is 0.725. The molecular formula is C12H11N5. The van der Waals surface area contributed by atoms with E-state index in [1.165, 1.54) is 0 Å². The van der Waals surface area contributed by atoms with Crippen LogP contribution in [0.25, 0.3) is 5.82 Å². The van der Waals surface area contributed by atoms with Crippen molar-refractivity contribution in [3.05, 3.63) is 61.3 Å². The Morgan fingerprint density at radius 3 is 2.65 bits per heavy atom. The van der Waals surface area contributed by atoms with Gasteiger partial charge in [0.05, 0.1) is 18.6 Å². The minimum Gasteiger partial charge on any atom is -0.331 e. The molecule has 3 aromatic heterocycles. The number of hydrogen-bond donors (Lipinski definition) is 0. The number of imidazole rings is 2. The van der Waals surface area contributed by atoms with Gasteiger partial charge < -0.3 is 4.57 Å². The Bertz CT molecular complexity index is 583. The summed E-state index contributed by atoms with van der Waals surface area (Å²) in [5.74, 6) is 0.875. The van der Waals surface area contributed by atoms with E-state index in [1.54, 1.807) is 25.0 Å². The summed E-state index contributed by atoms with van der Waals surface area (Å²) in [5, 5.41) is 0. The molecule has 0 aromatic carbocycles. The van der Waals surface area contributed by atoms with Crippen molar-refractivity contribution in [3.63, 3.8) is 0 Å². The van der Waals surface area contributed by atoms with E-state index in [0.29, 0.717) is 0 Å². The van der Waals surface area contributed by atoms with Gasteiger partial charge in [-0.05, 0) is 12.1 Å². The molecule has 0 atom stereocenters. The SMILES string of the molecule is c1cc(Cn2ccnc2)nc(-n2ccnc2)c1. The van der Waals surface area contributed by atoms with Crippen molar-refractivity contribution in [1.29, 1.82) is 0 Å². The van der Waals surface area contributed by atoms with Gasteiger partial charge in [0.15, 0.2) is 0 Å². The van der Waals surface area contributed by atoms with Gasteiger partial charge in [-0.2, -0.15) is 0 Å². The van der Waals surface area contributed by atoms with Crippen LogP contribution in [-0.4, -0.2) is 24.1 Å². The average Bonchev–Trinajstić information content (AvgIpc) is 3.01. The highest BCUT2D eigenvalue weighted by atomic mass is 15.1. The van der Waals surface area contributed by atoms with E-state index in [4.69, 9.17) is 0 Å². The molecule has 0 radical (unpaired) electrons. The first-order valence-corrected chi connectivity index (χ1v) is 5.32. The molecule has 3 rings (SSSR count). The smallest absolute Gasteiger partial charge is 0.138 e. The molecule has 0 N–H and O–H groups in total. The second-order valence-electron chi connectivity index (χ2n) is 3.69. The van der Waals surface area contributed by atoms with Crippen molar-refractivity contribution in [3.8, 4) is 5.82 Å². The predicted molar refractivity (Wildman–Crippen MR) is 62.7 cm³/mol. The zero-order chi connectivity index (χ0) is 11.5. The third-order valence-corrected chi connectivity index (χ3v) is 2.46. The number of aromatic nitrogens is 5. The summed E-state index contributed by atoms with van der Waals surface area (Å²) in [6, 6.07) is 5.95. The van der Waals surface area contributed by atoms with Crippen LogP contribution in [0.2, 0.25) is 0 Å². The lowest BCUT2D eigenvalue weighted by atomic mass is 10.3. The Morgan fingerprint density at radius 1 is 1.00 bits per heavy atom. The largest absolute Gasteiger partial charge is 0.331 e. The van der Waals surface area contributed by atoms with Crippen molar-refractivity contribution >= 4 is 0 Å². The highest BCUT2D eigenvalue weighted by Crippen LogP contribution is 2.06. The topological polar surface area (TPSA) is 48.5 Å². The fraction of sp³-hybridized carbons (Fsp3) is 0.0833.